The highest BCUT2D eigenvalue weighted by Crippen LogP contribution is 2.17. The van der Waals surface area contributed by atoms with Crippen molar-refractivity contribution in [3.8, 4) is 0 Å². The SMILES string of the molecule is Cc1nc2ccc(Br)cn2c1C(=O)NN=C1CCCCCC1. The summed E-state index contributed by atoms with van der Waals surface area (Å²) in [6.45, 7) is 1.84. The highest BCUT2D eigenvalue weighted by Gasteiger charge is 2.17. The number of rotatable bonds is 2. The van der Waals surface area contributed by atoms with Gasteiger partial charge in [0, 0.05) is 16.4 Å². The van der Waals surface area contributed by atoms with Crippen molar-refractivity contribution in [2.24, 2.45) is 5.10 Å². The van der Waals surface area contributed by atoms with Crippen LogP contribution in [0.2, 0.25) is 0 Å². The van der Waals surface area contributed by atoms with E-state index in [0.717, 1.165) is 41.5 Å². The molecule has 0 saturated heterocycles. The molecule has 0 aliphatic heterocycles. The number of nitrogens with one attached hydrogen (secondary N) is 1. The van der Waals surface area contributed by atoms with Gasteiger partial charge in [0.15, 0.2) is 0 Å². The van der Waals surface area contributed by atoms with Crippen molar-refractivity contribution in [2.75, 3.05) is 0 Å². The molecule has 6 heteroatoms. The summed E-state index contributed by atoms with van der Waals surface area (Å²) in [5.74, 6) is -0.208. The molecule has 0 spiro atoms. The van der Waals surface area contributed by atoms with Gasteiger partial charge in [-0.2, -0.15) is 5.10 Å². The first-order chi connectivity index (χ1) is 10.6. The number of imidazole rings is 1. The van der Waals surface area contributed by atoms with Crippen LogP contribution in [0.3, 0.4) is 0 Å². The Kier molecular flexibility index (Phi) is 4.57. The van der Waals surface area contributed by atoms with E-state index in [1.54, 1.807) is 4.40 Å². The fourth-order valence-electron chi connectivity index (χ4n) is 2.84. The molecule has 5 nitrogen and oxygen atoms in total. The topological polar surface area (TPSA) is 58.8 Å². The number of carbonyl (C=O) groups is 1. The molecule has 1 aliphatic carbocycles. The molecule has 116 valence electrons. The van der Waals surface area contributed by atoms with Gasteiger partial charge in [-0.15, -0.1) is 0 Å². The average molecular weight is 363 g/mol. The number of hydrogen-bond donors (Lipinski definition) is 1. The summed E-state index contributed by atoms with van der Waals surface area (Å²) < 4.78 is 2.70. The van der Waals surface area contributed by atoms with Gasteiger partial charge in [0.1, 0.15) is 11.3 Å². The van der Waals surface area contributed by atoms with Crippen LogP contribution in [0.25, 0.3) is 5.65 Å². The maximum Gasteiger partial charge on any atom is 0.290 e. The number of hydrazone groups is 1. The van der Waals surface area contributed by atoms with E-state index < -0.39 is 0 Å². The third-order valence-corrected chi connectivity index (χ3v) is 4.44. The molecular formula is C16H19BrN4O. The molecule has 0 radical (unpaired) electrons. The molecule has 1 saturated carbocycles. The molecule has 0 unspecified atom stereocenters. The standard InChI is InChI=1S/C16H19BrN4O/c1-11-15(21-10-12(17)8-9-14(21)18-11)16(22)20-19-13-6-4-2-3-5-7-13/h8-10H,2-7H2,1H3,(H,20,22). The first kappa shape index (κ1) is 15.2. The summed E-state index contributed by atoms with van der Waals surface area (Å²) >= 11 is 3.43. The molecule has 2 heterocycles. The van der Waals surface area contributed by atoms with Gasteiger partial charge in [-0.1, -0.05) is 12.8 Å². The van der Waals surface area contributed by atoms with Crippen LogP contribution in [0, 0.1) is 6.92 Å². The van der Waals surface area contributed by atoms with Gasteiger partial charge in [-0.3, -0.25) is 9.20 Å². The van der Waals surface area contributed by atoms with E-state index in [4.69, 9.17) is 0 Å². The van der Waals surface area contributed by atoms with Crippen LogP contribution in [0.1, 0.15) is 54.7 Å². The van der Waals surface area contributed by atoms with Crippen molar-refractivity contribution in [1.82, 2.24) is 14.8 Å². The molecule has 22 heavy (non-hydrogen) atoms. The number of aryl methyl sites for hydroxylation is 1. The number of pyridine rings is 1. The minimum atomic E-state index is -0.208. The Morgan fingerprint density at radius 2 is 2.00 bits per heavy atom. The molecule has 1 amide bonds. The van der Waals surface area contributed by atoms with E-state index in [9.17, 15) is 4.79 Å². The maximum absolute atomic E-state index is 12.5. The largest absolute Gasteiger partial charge is 0.294 e. The lowest BCUT2D eigenvalue weighted by Crippen LogP contribution is -2.22. The zero-order valence-electron chi connectivity index (χ0n) is 12.6. The van der Waals surface area contributed by atoms with E-state index in [1.807, 2.05) is 25.3 Å². The van der Waals surface area contributed by atoms with E-state index in [-0.39, 0.29) is 5.91 Å². The molecule has 3 rings (SSSR count). The number of halogens is 1. The maximum atomic E-state index is 12.5. The molecule has 0 atom stereocenters. The average Bonchev–Trinajstić information content (AvgIpc) is 2.66. The molecule has 2 aromatic heterocycles. The van der Waals surface area contributed by atoms with Gasteiger partial charge in [0.05, 0.1) is 5.69 Å². The summed E-state index contributed by atoms with van der Waals surface area (Å²) in [5.41, 5.74) is 5.80. The van der Waals surface area contributed by atoms with Gasteiger partial charge in [-0.25, -0.2) is 10.4 Å². The summed E-state index contributed by atoms with van der Waals surface area (Å²) in [6.07, 6.45) is 8.66. The van der Waals surface area contributed by atoms with Gasteiger partial charge in [0.25, 0.3) is 5.91 Å². The van der Waals surface area contributed by atoms with Crippen molar-refractivity contribution in [1.29, 1.82) is 0 Å². The van der Waals surface area contributed by atoms with Crippen LogP contribution in [-0.2, 0) is 0 Å². The fraction of sp³-hybridized carbons (Fsp3) is 0.438. The number of carbonyl (C=O) groups excluding carboxylic acids is 1. The zero-order valence-corrected chi connectivity index (χ0v) is 14.2. The monoisotopic (exact) mass is 362 g/mol. The Hall–Kier alpha value is -1.69. The molecule has 0 bridgehead atoms. The molecule has 1 aliphatic rings. The second kappa shape index (κ2) is 6.60. The van der Waals surface area contributed by atoms with E-state index >= 15 is 0 Å². The zero-order chi connectivity index (χ0) is 15.5. The predicted molar refractivity (Wildman–Crippen MR) is 90.2 cm³/mol. The van der Waals surface area contributed by atoms with Gasteiger partial charge < -0.3 is 0 Å². The lowest BCUT2D eigenvalue weighted by Gasteiger charge is -2.05. The van der Waals surface area contributed by atoms with Gasteiger partial charge in [-0.05, 0) is 60.7 Å². The van der Waals surface area contributed by atoms with E-state index in [0.29, 0.717) is 11.4 Å². The highest BCUT2D eigenvalue weighted by atomic mass is 79.9. The van der Waals surface area contributed by atoms with Crippen LogP contribution in [0.5, 0.6) is 0 Å². The van der Waals surface area contributed by atoms with Crippen LogP contribution in [0.15, 0.2) is 27.9 Å². The summed E-state index contributed by atoms with van der Waals surface area (Å²) in [7, 11) is 0. The van der Waals surface area contributed by atoms with Gasteiger partial charge >= 0.3 is 0 Å². The number of aromatic nitrogens is 2. The first-order valence-corrected chi connectivity index (χ1v) is 8.44. The molecular weight excluding hydrogens is 344 g/mol. The first-order valence-electron chi connectivity index (χ1n) is 7.65. The Labute approximate surface area is 137 Å². The van der Waals surface area contributed by atoms with Gasteiger partial charge in [0.2, 0.25) is 0 Å². The second-order valence-corrected chi connectivity index (χ2v) is 6.57. The minimum Gasteiger partial charge on any atom is -0.294 e. The fourth-order valence-corrected chi connectivity index (χ4v) is 3.18. The van der Waals surface area contributed by atoms with Crippen LogP contribution < -0.4 is 5.43 Å². The second-order valence-electron chi connectivity index (χ2n) is 5.65. The summed E-state index contributed by atoms with van der Waals surface area (Å²) in [4.78, 5) is 16.9. The number of nitrogens with zero attached hydrogens (tertiary/aromatic N) is 3. The van der Waals surface area contributed by atoms with E-state index in [1.165, 1.54) is 12.8 Å². The Bertz CT molecular complexity index is 725. The number of hydrogen-bond acceptors (Lipinski definition) is 3. The number of amides is 1. The predicted octanol–water partition coefficient (Wildman–Crippen LogP) is 3.85. The molecule has 1 fully saturated rings. The molecule has 2 aromatic rings. The Morgan fingerprint density at radius 3 is 2.73 bits per heavy atom. The molecule has 1 N–H and O–H groups in total. The quantitative estimate of drug-likeness (QED) is 0.651. The van der Waals surface area contributed by atoms with Crippen molar-refractivity contribution in [3.05, 3.63) is 34.2 Å². The molecule has 0 aromatic carbocycles. The van der Waals surface area contributed by atoms with Crippen molar-refractivity contribution in [2.45, 2.75) is 45.4 Å². The Morgan fingerprint density at radius 1 is 1.27 bits per heavy atom. The van der Waals surface area contributed by atoms with Crippen LogP contribution >= 0.6 is 15.9 Å². The minimum absolute atomic E-state index is 0.208. The summed E-state index contributed by atoms with van der Waals surface area (Å²) in [6, 6.07) is 3.79. The van der Waals surface area contributed by atoms with Crippen molar-refractivity contribution >= 4 is 33.2 Å². The number of fused-ring (bicyclic) bond motifs is 1. The van der Waals surface area contributed by atoms with Crippen molar-refractivity contribution < 1.29 is 4.79 Å². The van der Waals surface area contributed by atoms with Crippen LogP contribution in [0.4, 0.5) is 0 Å². The third-order valence-electron chi connectivity index (χ3n) is 3.97. The lowest BCUT2D eigenvalue weighted by molar-refractivity contribution is 0.0948. The van der Waals surface area contributed by atoms with Crippen LogP contribution in [-0.4, -0.2) is 21.0 Å². The normalized spacial score (nSPS) is 15.6. The lowest BCUT2D eigenvalue weighted by atomic mass is 10.2. The Balaban J connectivity index is 1.84. The summed E-state index contributed by atoms with van der Waals surface area (Å²) in [5, 5.41) is 4.33. The van der Waals surface area contributed by atoms with E-state index in [2.05, 4.69) is 31.4 Å². The van der Waals surface area contributed by atoms with Crippen molar-refractivity contribution in [3.63, 3.8) is 0 Å². The third kappa shape index (κ3) is 3.21. The smallest absolute Gasteiger partial charge is 0.290 e. The highest BCUT2D eigenvalue weighted by molar-refractivity contribution is 9.10.